The van der Waals surface area contributed by atoms with Gasteiger partial charge >= 0.3 is 0 Å². The van der Waals surface area contributed by atoms with Crippen LogP contribution in [0.25, 0.3) is 0 Å². The Hall–Kier alpha value is -0.950. The SMILES string of the molecule is C/C(=N\C#N)N(C)C(C)c1cc(Cl)c(Cl)cc1Cl. The van der Waals surface area contributed by atoms with Crippen molar-refractivity contribution in [2.24, 2.45) is 4.99 Å². The molecule has 18 heavy (non-hydrogen) atoms. The minimum atomic E-state index is -0.0654. The quantitative estimate of drug-likeness (QED) is 0.348. The van der Waals surface area contributed by atoms with Crippen LogP contribution in [-0.4, -0.2) is 17.8 Å². The Morgan fingerprint density at radius 1 is 1.28 bits per heavy atom. The minimum Gasteiger partial charge on any atom is -0.356 e. The van der Waals surface area contributed by atoms with Gasteiger partial charge in [-0.1, -0.05) is 34.8 Å². The van der Waals surface area contributed by atoms with E-state index in [1.54, 1.807) is 25.2 Å². The first-order valence-electron chi connectivity index (χ1n) is 5.19. The van der Waals surface area contributed by atoms with Crippen molar-refractivity contribution in [3.8, 4) is 6.19 Å². The van der Waals surface area contributed by atoms with E-state index in [2.05, 4.69) is 4.99 Å². The lowest BCUT2D eigenvalue weighted by atomic mass is 10.1. The Balaban J connectivity index is 3.12. The highest BCUT2D eigenvalue weighted by molar-refractivity contribution is 6.43. The third-order valence-corrected chi connectivity index (χ3v) is 3.84. The Bertz CT molecular complexity index is 520. The maximum absolute atomic E-state index is 8.54. The smallest absolute Gasteiger partial charge is 0.207 e. The first-order valence-corrected chi connectivity index (χ1v) is 6.32. The molecule has 0 aliphatic heterocycles. The number of benzene rings is 1. The highest BCUT2D eigenvalue weighted by Gasteiger charge is 2.17. The first-order chi connectivity index (χ1) is 8.38. The Kier molecular flexibility index (Phi) is 5.28. The molecule has 1 rings (SSSR count). The van der Waals surface area contributed by atoms with Crippen LogP contribution in [0.5, 0.6) is 0 Å². The maximum Gasteiger partial charge on any atom is 0.207 e. The number of hydrogen-bond acceptors (Lipinski definition) is 2. The van der Waals surface area contributed by atoms with Crippen molar-refractivity contribution < 1.29 is 0 Å². The van der Waals surface area contributed by atoms with Gasteiger partial charge in [0.15, 0.2) is 0 Å². The average Bonchev–Trinajstić information content (AvgIpc) is 2.32. The number of halogens is 3. The summed E-state index contributed by atoms with van der Waals surface area (Å²) in [6.45, 7) is 3.70. The minimum absolute atomic E-state index is 0.0654. The summed E-state index contributed by atoms with van der Waals surface area (Å²) >= 11 is 18.0. The van der Waals surface area contributed by atoms with Gasteiger partial charge in [0.05, 0.1) is 16.1 Å². The largest absolute Gasteiger partial charge is 0.356 e. The van der Waals surface area contributed by atoms with Gasteiger partial charge in [-0.15, -0.1) is 0 Å². The lowest BCUT2D eigenvalue weighted by Crippen LogP contribution is -2.27. The summed E-state index contributed by atoms with van der Waals surface area (Å²) in [4.78, 5) is 5.53. The topological polar surface area (TPSA) is 39.4 Å². The van der Waals surface area contributed by atoms with Gasteiger partial charge in [0.1, 0.15) is 5.84 Å². The molecule has 0 saturated carbocycles. The number of nitrogens with zero attached hydrogens (tertiary/aromatic N) is 3. The second kappa shape index (κ2) is 6.29. The van der Waals surface area contributed by atoms with Crippen LogP contribution in [0.4, 0.5) is 0 Å². The van der Waals surface area contributed by atoms with E-state index in [1.807, 2.05) is 18.9 Å². The second-order valence-corrected chi connectivity index (χ2v) is 5.06. The van der Waals surface area contributed by atoms with Gasteiger partial charge in [-0.3, -0.25) is 0 Å². The van der Waals surface area contributed by atoms with E-state index < -0.39 is 0 Å². The summed E-state index contributed by atoms with van der Waals surface area (Å²) < 4.78 is 0. The van der Waals surface area contributed by atoms with E-state index in [4.69, 9.17) is 40.1 Å². The molecule has 0 radical (unpaired) electrons. The zero-order valence-electron chi connectivity index (χ0n) is 10.2. The van der Waals surface area contributed by atoms with Crippen LogP contribution in [0.15, 0.2) is 17.1 Å². The molecule has 0 aliphatic carbocycles. The molecule has 1 aromatic rings. The fourth-order valence-electron chi connectivity index (χ4n) is 1.50. The molecule has 0 saturated heterocycles. The van der Waals surface area contributed by atoms with Crippen molar-refractivity contribution in [1.82, 2.24) is 4.90 Å². The average molecular weight is 305 g/mol. The molecular weight excluding hydrogens is 293 g/mol. The lowest BCUT2D eigenvalue weighted by molar-refractivity contribution is 0.400. The summed E-state index contributed by atoms with van der Waals surface area (Å²) in [7, 11) is 1.83. The highest BCUT2D eigenvalue weighted by atomic mass is 35.5. The third-order valence-electron chi connectivity index (χ3n) is 2.79. The van der Waals surface area contributed by atoms with Crippen LogP contribution < -0.4 is 0 Å². The number of aliphatic imine (C=N–C) groups is 1. The number of hydrogen-bond donors (Lipinski definition) is 0. The van der Waals surface area contributed by atoms with Crippen molar-refractivity contribution in [1.29, 1.82) is 5.26 Å². The van der Waals surface area contributed by atoms with E-state index in [0.29, 0.717) is 20.9 Å². The highest BCUT2D eigenvalue weighted by Crippen LogP contribution is 2.34. The summed E-state index contributed by atoms with van der Waals surface area (Å²) in [5, 5.41) is 9.95. The van der Waals surface area contributed by atoms with Crippen LogP contribution in [-0.2, 0) is 0 Å². The van der Waals surface area contributed by atoms with Gasteiger partial charge in [0.25, 0.3) is 0 Å². The van der Waals surface area contributed by atoms with Gasteiger partial charge in [-0.05, 0) is 31.5 Å². The standard InChI is InChI=1S/C12H12Cl3N3/c1-7(18(3)8(2)17-6-16)9-4-11(14)12(15)5-10(9)13/h4-5,7H,1-3H3/b17-8+. The molecule has 6 heteroatoms. The molecule has 0 N–H and O–H groups in total. The zero-order chi connectivity index (χ0) is 13.9. The summed E-state index contributed by atoms with van der Waals surface area (Å²) in [5.41, 5.74) is 0.834. The fraction of sp³-hybridized carbons (Fsp3) is 0.333. The molecule has 0 bridgehead atoms. The molecule has 96 valence electrons. The predicted molar refractivity (Wildman–Crippen MR) is 76.4 cm³/mol. The molecule has 0 spiro atoms. The summed E-state index contributed by atoms with van der Waals surface area (Å²) in [6, 6.07) is 3.28. The van der Waals surface area contributed by atoms with Gasteiger partial charge in [0, 0.05) is 12.1 Å². The monoisotopic (exact) mass is 303 g/mol. The lowest BCUT2D eigenvalue weighted by Gasteiger charge is -2.27. The third kappa shape index (κ3) is 3.29. The second-order valence-electron chi connectivity index (χ2n) is 3.83. The number of nitriles is 1. The Labute approximate surface area is 122 Å². The van der Waals surface area contributed by atoms with Crippen LogP contribution in [0, 0.1) is 11.5 Å². The van der Waals surface area contributed by atoms with Crippen LogP contribution in [0.3, 0.4) is 0 Å². The number of amidine groups is 1. The molecule has 0 aromatic heterocycles. The summed E-state index contributed by atoms with van der Waals surface area (Å²) in [6.07, 6.45) is 1.76. The molecule has 0 fully saturated rings. The van der Waals surface area contributed by atoms with E-state index >= 15 is 0 Å². The van der Waals surface area contributed by atoms with Crippen LogP contribution in [0.2, 0.25) is 15.1 Å². The molecule has 3 nitrogen and oxygen atoms in total. The molecule has 1 atom stereocenters. The van der Waals surface area contributed by atoms with Crippen molar-refractivity contribution in [3.05, 3.63) is 32.8 Å². The molecular formula is C12H12Cl3N3. The molecule has 1 unspecified atom stereocenters. The Morgan fingerprint density at radius 3 is 2.39 bits per heavy atom. The van der Waals surface area contributed by atoms with Crippen molar-refractivity contribution in [3.63, 3.8) is 0 Å². The van der Waals surface area contributed by atoms with E-state index in [1.165, 1.54) is 0 Å². The van der Waals surface area contributed by atoms with Crippen molar-refractivity contribution in [2.45, 2.75) is 19.9 Å². The number of rotatable bonds is 2. The molecule has 0 heterocycles. The van der Waals surface area contributed by atoms with Crippen LogP contribution in [0.1, 0.15) is 25.5 Å². The van der Waals surface area contributed by atoms with E-state index in [-0.39, 0.29) is 6.04 Å². The van der Waals surface area contributed by atoms with Gasteiger partial charge in [-0.2, -0.15) is 10.3 Å². The fourth-order valence-corrected chi connectivity index (χ4v) is 2.21. The van der Waals surface area contributed by atoms with Crippen molar-refractivity contribution in [2.75, 3.05) is 7.05 Å². The van der Waals surface area contributed by atoms with E-state index in [9.17, 15) is 0 Å². The molecule has 1 aromatic carbocycles. The normalized spacial score (nSPS) is 13.1. The van der Waals surface area contributed by atoms with Crippen LogP contribution >= 0.6 is 34.8 Å². The van der Waals surface area contributed by atoms with E-state index in [0.717, 1.165) is 5.56 Å². The maximum atomic E-state index is 8.54. The molecule has 0 aliphatic rings. The summed E-state index contributed by atoms with van der Waals surface area (Å²) in [5.74, 6) is 0.604. The van der Waals surface area contributed by atoms with Gasteiger partial charge in [-0.25, -0.2) is 0 Å². The zero-order valence-corrected chi connectivity index (χ0v) is 12.5. The predicted octanol–water partition coefficient (Wildman–Crippen LogP) is 4.54. The molecule has 0 amide bonds. The first kappa shape index (κ1) is 15.1. The van der Waals surface area contributed by atoms with Crippen molar-refractivity contribution >= 4 is 40.6 Å². The Morgan fingerprint density at radius 2 is 1.83 bits per heavy atom. The van der Waals surface area contributed by atoms with Gasteiger partial charge in [0.2, 0.25) is 6.19 Å². The van der Waals surface area contributed by atoms with Gasteiger partial charge < -0.3 is 4.90 Å².